The first-order valence-electron chi connectivity index (χ1n) is 8.09. The zero-order valence-electron chi connectivity index (χ0n) is 13.6. The summed E-state index contributed by atoms with van der Waals surface area (Å²) in [6, 6.07) is 3.90. The Morgan fingerprint density at radius 3 is 3.09 bits per heavy atom. The van der Waals surface area contributed by atoms with E-state index >= 15 is 0 Å². The summed E-state index contributed by atoms with van der Waals surface area (Å²) in [7, 11) is 0. The highest BCUT2D eigenvalue weighted by Gasteiger charge is 2.25. The summed E-state index contributed by atoms with van der Waals surface area (Å²) in [5, 5.41) is 2.99. The van der Waals surface area contributed by atoms with Crippen LogP contribution >= 0.6 is 0 Å². The highest BCUT2D eigenvalue weighted by Crippen LogP contribution is 2.20. The highest BCUT2D eigenvalue weighted by atomic mass is 16.3. The van der Waals surface area contributed by atoms with Gasteiger partial charge in [-0.25, -0.2) is 4.98 Å². The van der Waals surface area contributed by atoms with Gasteiger partial charge < -0.3 is 14.2 Å². The van der Waals surface area contributed by atoms with Crippen LogP contribution in [0, 0.1) is 5.92 Å². The van der Waals surface area contributed by atoms with Gasteiger partial charge in [-0.2, -0.15) is 0 Å². The quantitative estimate of drug-likeness (QED) is 0.887. The van der Waals surface area contributed by atoms with Gasteiger partial charge in [0.2, 0.25) is 0 Å². The Morgan fingerprint density at radius 1 is 1.48 bits per heavy atom. The standard InChI is InChI=1S/C17H23N3O3/c1-12(2)16-15(19-11-23-16)17(21)18-8-13-5-6-20(9-13)10-14-4-3-7-22-14/h3-4,7,11-13H,5-6,8-10H2,1-2H3,(H,18,21). The average molecular weight is 317 g/mol. The van der Waals surface area contributed by atoms with Crippen molar-refractivity contribution >= 4 is 5.91 Å². The van der Waals surface area contributed by atoms with Crippen LogP contribution in [0.5, 0.6) is 0 Å². The summed E-state index contributed by atoms with van der Waals surface area (Å²) in [4.78, 5) is 18.7. The number of furan rings is 1. The van der Waals surface area contributed by atoms with Crippen molar-refractivity contribution in [1.29, 1.82) is 0 Å². The first-order valence-corrected chi connectivity index (χ1v) is 8.09. The van der Waals surface area contributed by atoms with E-state index in [-0.39, 0.29) is 11.8 Å². The third-order valence-corrected chi connectivity index (χ3v) is 4.22. The lowest BCUT2D eigenvalue weighted by atomic mass is 10.1. The van der Waals surface area contributed by atoms with E-state index in [1.165, 1.54) is 6.39 Å². The summed E-state index contributed by atoms with van der Waals surface area (Å²) in [5.41, 5.74) is 0.408. The normalized spacial score (nSPS) is 18.7. The van der Waals surface area contributed by atoms with Gasteiger partial charge in [0.05, 0.1) is 12.8 Å². The molecule has 1 N–H and O–H groups in total. The Bertz CT molecular complexity index is 633. The molecule has 1 aliphatic rings. The van der Waals surface area contributed by atoms with Gasteiger partial charge in [-0.3, -0.25) is 9.69 Å². The van der Waals surface area contributed by atoms with E-state index < -0.39 is 0 Å². The van der Waals surface area contributed by atoms with Crippen LogP contribution < -0.4 is 5.32 Å². The molecule has 1 atom stereocenters. The molecule has 1 fully saturated rings. The van der Waals surface area contributed by atoms with Gasteiger partial charge in [-0.1, -0.05) is 13.8 Å². The number of rotatable bonds is 6. The Hall–Kier alpha value is -2.08. The molecule has 0 bridgehead atoms. The molecule has 0 radical (unpaired) electrons. The molecule has 2 aromatic heterocycles. The van der Waals surface area contributed by atoms with Gasteiger partial charge in [-0.05, 0) is 31.0 Å². The van der Waals surface area contributed by atoms with Crippen molar-refractivity contribution in [2.45, 2.75) is 32.7 Å². The maximum Gasteiger partial charge on any atom is 0.273 e. The largest absolute Gasteiger partial charge is 0.468 e. The van der Waals surface area contributed by atoms with Gasteiger partial charge >= 0.3 is 0 Å². The second kappa shape index (κ2) is 7.00. The van der Waals surface area contributed by atoms with Gasteiger partial charge in [0.15, 0.2) is 12.1 Å². The lowest BCUT2D eigenvalue weighted by Gasteiger charge is -2.14. The summed E-state index contributed by atoms with van der Waals surface area (Å²) < 4.78 is 10.7. The van der Waals surface area contributed by atoms with Gasteiger partial charge in [-0.15, -0.1) is 0 Å². The van der Waals surface area contributed by atoms with Crippen LogP contribution in [-0.4, -0.2) is 35.4 Å². The molecule has 0 aliphatic carbocycles. The van der Waals surface area contributed by atoms with Crippen LogP contribution in [0.1, 0.15) is 48.2 Å². The molecule has 124 valence electrons. The number of carbonyl (C=O) groups is 1. The summed E-state index contributed by atoms with van der Waals surface area (Å²) >= 11 is 0. The number of aromatic nitrogens is 1. The van der Waals surface area contributed by atoms with Gasteiger partial charge in [0.25, 0.3) is 5.91 Å². The second-order valence-corrected chi connectivity index (χ2v) is 6.40. The number of likely N-dealkylation sites (tertiary alicyclic amines) is 1. The molecule has 2 aromatic rings. The van der Waals surface area contributed by atoms with Crippen LogP contribution in [-0.2, 0) is 6.54 Å². The zero-order chi connectivity index (χ0) is 16.2. The van der Waals surface area contributed by atoms with Crippen molar-refractivity contribution in [3.63, 3.8) is 0 Å². The fourth-order valence-electron chi connectivity index (χ4n) is 3.00. The summed E-state index contributed by atoms with van der Waals surface area (Å²) in [5.74, 6) is 2.09. The SMILES string of the molecule is CC(C)c1ocnc1C(=O)NCC1CCN(Cc2ccco2)C1. The van der Waals surface area contributed by atoms with Crippen molar-refractivity contribution < 1.29 is 13.6 Å². The van der Waals surface area contributed by atoms with Crippen LogP contribution in [0.2, 0.25) is 0 Å². The molecule has 1 unspecified atom stereocenters. The van der Waals surface area contributed by atoms with E-state index in [4.69, 9.17) is 8.83 Å². The van der Waals surface area contributed by atoms with Crippen LogP contribution in [0.4, 0.5) is 0 Å². The molecule has 6 heteroatoms. The summed E-state index contributed by atoms with van der Waals surface area (Å²) in [6.45, 7) is 7.47. The fraction of sp³-hybridized carbons (Fsp3) is 0.529. The smallest absolute Gasteiger partial charge is 0.273 e. The first-order chi connectivity index (χ1) is 11.1. The van der Waals surface area contributed by atoms with E-state index in [9.17, 15) is 4.79 Å². The molecule has 23 heavy (non-hydrogen) atoms. The Labute approximate surface area is 135 Å². The number of nitrogens with zero attached hydrogens (tertiary/aromatic N) is 2. The molecule has 1 aliphatic heterocycles. The van der Waals surface area contributed by atoms with E-state index in [0.29, 0.717) is 23.9 Å². The molecular formula is C17H23N3O3. The molecule has 0 spiro atoms. The molecular weight excluding hydrogens is 294 g/mol. The van der Waals surface area contributed by atoms with Gasteiger partial charge in [0, 0.05) is 19.0 Å². The lowest BCUT2D eigenvalue weighted by Crippen LogP contribution is -2.31. The number of oxazole rings is 1. The van der Waals surface area contributed by atoms with Crippen molar-refractivity contribution in [2.24, 2.45) is 5.92 Å². The number of hydrogen-bond acceptors (Lipinski definition) is 5. The Morgan fingerprint density at radius 2 is 2.35 bits per heavy atom. The van der Waals surface area contributed by atoms with Crippen LogP contribution in [0.3, 0.4) is 0 Å². The fourth-order valence-corrected chi connectivity index (χ4v) is 3.00. The van der Waals surface area contributed by atoms with E-state index in [2.05, 4.69) is 15.2 Å². The predicted molar refractivity (Wildman–Crippen MR) is 85.0 cm³/mol. The molecule has 1 saturated heterocycles. The van der Waals surface area contributed by atoms with Crippen LogP contribution in [0.25, 0.3) is 0 Å². The third-order valence-electron chi connectivity index (χ3n) is 4.22. The Balaban J connectivity index is 1.47. The molecule has 0 saturated carbocycles. The lowest BCUT2D eigenvalue weighted by molar-refractivity contribution is 0.0940. The summed E-state index contributed by atoms with van der Waals surface area (Å²) in [6.07, 6.45) is 4.12. The molecule has 6 nitrogen and oxygen atoms in total. The molecule has 1 amide bonds. The molecule has 0 aromatic carbocycles. The minimum absolute atomic E-state index is 0.146. The van der Waals surface area contributed by atoms with E-state index in [1.807, 2.05) is 26.0 Å². The number of hydrogen-bond donors (Lipinski definition) is 1. The third kappa shape index (κ3) is 3.82. The number of nitrogens with one attached hydrogen (secondary N) is 1. The Kier molecular flexibility index (Phi) is 4.81. The number of carbonyl (C=O) groups excluding carboxylic acids is 1. The highest BCUT2D eigenvalue weighted by molar-refractivity contribution is 5.93. The van der Waals surface area contributed by atoms with E-state index in [1.54, 1.807) is 6.26 Å². The van der Waals surface area contributed by atoms with Crippen molar-refractivity contribution in [3.8, 4) is 0 Å². The monoisotopic (exact) mass is 317 g/mol. The van der Waals surface area contributed by atoms with Crippen molar-refractivity contribution in [2.75, 3.05) is 19.6 Å². The minimum Gasteiger partial charge on any atom is -0.468 e. The average Bonchev–Trinajstić information content (AvgIpc) is 3.26. The minimum atomic E-state index is -0.146. The predicted octanol–water partition coefficient (Wildman–Crippen LogP) is 2.64. The van der Waals surface area contributed by atoms with Crippen molar-refractivity contribution in [3.05, 3.63) is 42.0 Å². The topological polar surface area (TPSA) is 71.5 Å². The van der Waals surface area contributed by atoms with Crippen molar-refractivity contribution in [1.82, 2.24) is 15.2 Å². The second-order valence-electron chi connectivity index (χ2n) is 6.40. The van der Waals surface area contributed by atoms with Crippen LogP contribution in [0.15, 0.2) is 33.6 Å². The maximum absolute atomic E-state index is 12.3. The first kappa shape index (κ1) is 15.8. The molecule has 3 rings (SSSR count). The maximum atomic E-state index is 12.3. The molecule has 3 heterocycles. The van der Waals surface area contributed by atoms with Gasteiger partial charge in [0.1, 0.15) is 11.5 Å². The van der Waals surface area contributed by atoms with E-state index in [0.717, 1.165) is 31.8 Å². The number of amides is 1. The zero-order valence-corrected chi connectivity index (χ0v) is 13.6.